The summed E-state index contributed by atoms with van der Waals surface area (Å²) >= 11 is 0. The molecule has 1 atom stereocenters. The third-order valence-corrected chi connectivity index (χ3v) is 3.39. The maximum Gasteiger partial charge on any atom is 0.0518 e. The summed E-state index contributed by atoms with van der Waals surface area (Å²) in [5.41, 5.74) is 0.265. The number of hydrogen-bond donors (Lipinski definition) is 1. The van der Waals surface area contributed by atoms with E-state index in [2.05, 4.69) is 44.8 Å². The summed E-state index contributed by atoms with van der Waals surface area (Å²) in [5, 5.41) is 3.59. The molecule has 1 fully saturated rings. The first kappa shape index (κ1) is 14.9. The van der Waals surface area contributed by atoms with Crippen molar-refractivity contribution in [3.05, 3.63) is 0 Å². The van der Waals surface area contributed by atoms with Gasteiger partial charge < -0.3 is 10.1 Å². The highest BCUT2D eigenvalue weighted by atomic mass is 16.5. The van der Waals surface area contributed by atoms with Gasteiger partial charge in [-0.25, -0.2) is 0 Å². The molecule has 0 aromatic carbocycles. The molecule has 0 aromatic heterocycles. The standard InChI is InChI=1S/C14H30N2O/c1-12(2)17-9-7-6-8-16-11-14(4,5)15-10-13(16)3/h12-13,15H,6-11H2,1-5H3. The van der Waals surface area contributed by atoms with Crippen LogP contribution in [0, 0.1) is 0 Å². The normalized spacial score (nSPS) is 25.4. The van der Waals surface area contributed by atoms with Crippen LogP contribution in [0.4, 0.5) is 0 Å². The predicted molar refractivity (Wildman–Crippen MR) is 73.4 cm³/mol. The van der Waals surface area contributed by atoms with Crippen LogP contribution in [0.2, 0.25) is 0 Å². The minimum absolute atomic E-state index is 0.265. The van der Waals surface area contributed by atoms with Crippen molar-refractivity contribution in [2.45, 2.75) is 65.1 Å². The minimum atomic E-state index is 0.265. The first-order valence-corrected chi connectivity index (χ1v) is 7.01. The largest absolute Gasteiger partial charge is 0.379 e. The molecule has 0 aliphatic carbocycles. The van der Waals surface area contributed by atoms with Crippen molar-refractivity contribution in [2.75, 3.05) is 26.2 Å². The van der Waals surface area contributed by atoms with Crippen molar-refractivity contribution < 1.29 is 4.74 Å². The Hall–Kier alpha value is -0.120. The molecule has 0 saturated carbocycles. The van der Waals surface area contributed by atoms with Gasteiger partial charge in [0.15, 0.2) is 0 Å². The molecule has 3 heteroatoms. The Bertz CT molecular complexity index is 216. The Morgan fingerprint density at radius 3 is 2.71 bits per heavy atom. The van der Waals surface area contributed by atoms with E-state index in [1.165, 1.54) is 19.4 Å². The van der Waals surface area contributed by atoms with Crippen molar-refractivity contribution in [3.8, 4) is 0 Å². The second kappa shape index (κ2) is 6.72. The zero-order valence-corrected chi connectivity index (χ0v) is 12.3. The zero-order valence-electron chi connectivity index (χ0n) is 12.3. The van der Waals surface area contributed by atoms with Crippen molar-refractivity contribution in [1.29, 1.82) is 0 Å². The van der Waals surface area contributed by atoms with Gasteiger partial charge in [0.25, 0.3) is 0 Å². The van der Waals surface area contributed by atoms with Crippen LogP contribution >= 0.6 is 0 Å². The highest BCUT2D eigenvalue weighted by Crippen LogP contribution is 2.15. The quantitative estimate of drug-likeness (QED) is 0.723. The summed E-state index contributed by atoms with van der Waals surface area (Å²) in [6.07, 6.45) is 2.79. The lowest BCUT2D eigenvalue weighted by Gasteiger charge is -2.43. The van der Waals surface area contributed by atoms with Crippen LogP contribution in [0.1, 0.15) is 47.5 Å². The smallest absolute Gasteiger partial charge is 0.0518 e. The van der Waals surface area contributed by atoms with Gasteiger partial charge in [0.2, 0.25) is 0 Å². The molecule has 0 spiro atoms. The van der Waals surface area contributed by atoms with E-state index >= 15 is 0 Å². The second-order valence-corrected chi connectivity index (χ2v) is 6.21. The first-order valence-electron chi connectivity index (χ1n) is 7.01. The van der Waals surface area contributed by atoms with E-state index in [9.17, 15) is 0 Å². The van der Waals surface area contributed by atoms with Gasteiger partial charge in [-0.05, 0) is 54.0 Å². The molecule has 1 aliphatic heterocycles. The fraction of sp³-hybridized carbons (Fsp3) is 1.00. The Balaban J connectivity index is 2.16. The highest BCUT2D eigenvalue weighted by molar-refractivity contribution is 4.90. The third kappa shape index (κ3) is 5.84. The summed E-state index contributed by atoms with van der Waals surface area (Å²) in [6.45, 7) is 15.4. The van der Waals surface area contributed by atoms with Crippen LogP contribution in [0.15, 0.2) is 0 Å². The third-order valence-electron chi connectivity index (χ3n) is 3.39. The average Bonchev–Trinajstić information content (AvgIpc) is 2.22. The van der Waals surface area contributed by atoms with Crippen molar-refractivity contribution in [1.82, 2.24) is 10.2 Å². The van der Waals surface area contributed by atoms with Gasteiger partial charge in [-0.2, -0.15) is 0 Å². The van der Waals surface area contributed by atoms with Crippen molar-refractivity contribution in [3.63, 3.8) is 0 Å². The molecule has 0 aromatic rings. The Morgan fingerprint density at radius 2 is 2.06 bits per heavy atom. The number of nitrogens with one attached hydrogen (secondary N) is 1. The number of ether oxygens (including phenoxy) is 1. The van der Waals surface area contributed by atoms with Crippen LogP contribution in [0.3, 0.4) is 0 Å². The number of piperazine rings is 1. The van der Waals surface area contributed by atoms with Gasteiger partial charge in [-0.1, -0.05) is 0 Å². The van der Waals surface area contributed by atoms with E-state index in [0.29, 0.717) is 12.1 Å². The molecule has 1 unspecified atom stereocenters. The van der Waals surface area contributed by atoms with E-state index in [1.54, 1.807) is 0 Å². The minimum Gasteiger partial charge on any atom is -0.379 e. The van der Waals surface area contributed by atoms with E-state index in [1.807, 2.05) is 0 Å². The Morgan fingerprint density at radius 1 is 1.35 bits per heavy atom. The molecular formula is C14H30N2O. The maximum absolute atomic E-state index is 5.57. The lowest BCUT2D eigenvalue weighted by atomic mass is 9.99. The van der Waals surface area contributed by atoms with Crippen LogP contribution in [0.25, 0.3) is 0 Å². The fourth-order valence-electron chi connectivity index (χ4n) is 2.31. The molecule has 0 amide bonds. The number of nitrogens with zero attached hydrogens (tertiary/aromatic N) is 1. The van der Waals surface area contributed by atoms with E-state index < -0.39 is 0 Å². The summed E-state index contributed by atoms with van der Waals surface area (Å²) in [6, 6.07) is 0.661. The van der Waals surface area contributed by atoms with E-state index in [4.69, 9.17) is 4.74 Å². The molecule has 102 valence electrons. The van der Waals surface area contributed by atoms with Gasteiger partial charge >= 0.3 is 0 Å². The summed E-state index contributed by atoms with van der Waals surface area (Å²) in [7, 11) is 0. The molecule has 1 aliphatic rings. The molecular weight excluding hydrogens is 212 g/mol. The van der Waals surface area contributed by atoms with Crippen LogP contribution in [0.5, 0.6) is 0 Å². The monoisotopic (exact) mass is 242 g/mol. The van der Waals surface area contributed by atoms with Crippen molar-refractivity contribution in [2.24, 2.45) is 0 Å². The summed E-state index contributed by atoms with van der Waals surface area (Å²) in [5.74, 6) is 0. The molecule has 0 radical (unpaired) electrons. The SMILES string of the molecule is CC(C)OCCCCN1CC(C)(C)NCC1C. The summed E-state index contributed by atoms with van der Waals surface area (Å²) < 4.78 is 5.57. The molecule has 0 bridgehead atoms. The van der Waals surface area contributed by atoms with Gasteiger partial charge in [0.05, 0.1) is 6.10 Å². The highest BCUT2D eigenvalue weighted by Gasteiger charge is 2.29. The van der Waals surface area contributed by atoms with E-state index in [-0.39, 0.29) is 5.54 Å². The van der Waals surface area contributed by atoms with Crippen LogP contribution in [-0.4, -0.2) is 48.8 Å². The lowest BCUT2D eigenvalue weighted by molar-refractivity contribution is 0.0673. The van der Waals surface area contributed by atoms with Crippen molar-refractivity contribution >= 4 is 0 Å². The second-order valence-electron chi connectivity index (χ2n) is 6.21. The molecule has 1 heterocycles. The van der Waals surface area contributed by atoms with Crippen LogP contribution < -0.4 is 5.32 Å². The predicted octanol–water partition coefficient (Wildman–Crippen LogP) is 2.26. The van der Waals surface area contributed by atoms with Gasteiger partial charge in [0.1, 0.15) is 0 Å². The van der Waals surface area contributed by atoms with Gasteiger partial charge in [-0.3, -0.25) is 4.90 Å². The molecule has 1 saturated heterocycles. The molecule has 1 N–H and O–H groups in total. The fourth-order valence-corrected chi connectivity index (χ4v) is 2.31. The van der Waals surface area contributed by atoms with Crippen LogP contribution in [-0.2, 0) is 4.74 Å². The lowest BCUT2D eigenvalue weighted by Crippen LogP contribution is -2.60. The number of rotatable bonds is 6. The first-order chi connectivity index (χ1) is 7.91. The number of unbranched alkanes of at least 4 members (excludes halogenated alkanes) is 1. The topological polar surface area (TPSA) is 24.5 Å². The maximum atomic E-state index is 5.57. The molecule has 1 rings (SSSR count). The average molecular weight is 242 g/mol. The molecule has 3 nitrogen and oxygen atoms in total. The summed E-state index contributed by atoms with van der Waals surface area (Å²) in [4.78, 5) is 2.60. The number of hydrogen-bond acceptors (Lipinski definition) is 3. The Labute approximate surface area is 107 Å². The zero-order chi connectivity index (χ0) is 12.9. The Kier molecular flexibility index (Phi) is 5.90. The van der Waals surface area contributed by atoms with Gasteiger partial charge in [0, 0.05) is 31.3 Å². The van der Waals surface area contributed by atoms with E-state index in [0.717, 1.165) is 19.7 Å². The molecule has 17 heavy (non-hydrogen) atoms. The van der Waals surface area contributed by atoms with Gasteiger partial charge in [-0.15, -0.1) is 0 Å².